The third-order valence-electron chi connectivity index (χ3n) is 5.37. The molecule has 1 fully saturated rings. The normalized spacial score (nSPS) is 15.5. The number of benzene rings is 1. The Morgan fingerprint density at radius 3 is 2.76 bits per heavy atom. The van der Waals surface area contributed by atoms with Gasteiger partial charge in [0.2, 0.25) is 5.82 Å². The second kappa shape index (κ2) is 8.57. The standard InChI is InChI=1S/C21H26N6O2/c1-15-8-11-26(12-9-15)13-10-22-20(28)21-23-19(25-29-21)18-14-27(24-16(18)2)17-6-4-3-5-7-17/h3-7,14-15H,8-13H2,1-2H3,(H,22,28). The van der Waals surface area contributed by atoms with Gasteiger partial charge in [0.15, 0.2) is 0 Å². The second-order valence-electron chi connectivity index (χ2n) is 7.61. The van der Waals surface area contributed by atoms with Crippen LogP contribution in [0.4, 0.5) is 0 Å². The molecule has 8 heteroatoms. The van der Waals surface area contributed by atoms with E-state index in [4.69, 9.17) is 4.52 Å². The quantitative estimate of drug-likeness (QED) is 0.691. The fourth-order valence-electron chi connectivity index (χ4n) is 3.51. The minimum atomic E-state index is -0.345. The lowest BCUT2D eigenvalue weighted by molar-refractivity contribution is 0.0901. The fourth-order valence-corrected chi connectivity index (χ4v) is 3.51. The highest BCUT2D eigenvalue weighted by atomic mass is 16.5. The van der Waals surface area contributed by atoms with Crippen LogP contribution < -0.4 is 5.32 Å². The summed E-state index contributed by atoms with van der Waals surface area (Å²) >= 11 is 0. The smallest absolute Gasteiger partial charge is 0.316 e. The van der Waals surface area contributed by atoms with Crippen LogP contribution >= 0.6 is 0 Å². The van der Waals surface area contributed by atoms with E-state index in [1.807, 2.05) is 43.5 Å². The molecule has 0 bridgehead atoms. The van der Waals surface area contributed by atoms with Gasteiger partial charge in [-0.15, -0.1) is 0 Å². The molecule has 0 atom stereocenters. The molecule has 1 aromatic carbocycles. The van der Waals surface area contributed by atoms with Crippen LogP contribution in [-0.2, 0) is 0 Å². The van der Waals surface area contributed by atoms with Crippen molar-refractivity contribution in [3.63, 3.8) is 0 Å². The Hall–Kier alpha value is -3.00. The summed E-state index contributed by atoms with van der Waals surface area (Å²) in [6.07, 6.45) is 4.28. The topological polar surface area (TPSA) is 89.1 Å². The molecular formula is C21H26N6O2. The fraction of sp³-hybridized carbons (Fsp3) is 0.429. The molecule has 1 amide bonds. The first-order valence-electron chi connectivity index (χ1n) is 10.1. The zero-order chi connectivity index (χ0) is 20.2. The minimum absolute atomic E-state index is 0.0286. The van der Waals surface area contributed by atoms with E-state index in [0.717, 1.165) is 42.5 Å². The molecule has 1 N–H and O–H groups in total. The maximum atomic E-state index is 12.3. The van der Waals surface area contributed by atoms with Crippen LogP contribution in [0.1, 0.15) is 36.1 Å². The van der Waals surface area contributed by atoms with Crippen LogP contribution in [-0.4, -0.2) is 56.9 Å². The van der Waals surface area contributed by atoms with E-state index >= 15 is 0 Å². The van der Waals surface area contributed by atoms with E-state index in [9.17, 15) is 4.79 Å². The van der Waals surface area contributed by atoms with E-state index in [1.165, 1.54) is 12.8 Å². The van der Waals surface area contributed by atoms with Crippen molar-refractivity contribution in [1.82, 2.24) is 30.1 Å². The third-order valence-corrected chi connectivity index (χ3v) is 5.37. The number of hydrogen-bond donors (Lipinski definition) is 1. The van der Waals surface area contributed by atoms with Gasteiger partial charge in [0.05, 0.1) is 16.9 Å². The average molecular weight is 394 g/mol. The number of likely N-dealkylation sites (tertiary alicyclic amines) is 1. The van der Waals surface area contributed by atoms with Gasteiger partial charge < -0.3 is 14.7 Å². The van der Waals surface area contributed by atoms with Crippen LogP contribution in [0.3, 0.4) is 0 Å². The summed E-state index contributed by atoms with van der Waals surface area (Å²) in [5.41, 5.74) is 2.44. The van der Waals surface area contributed by atoms with E-state index in [2.05, 4.69) is 32.4 Å². The number of nitrogens with zero attached hydrogens (tertiary/aromatic N) is 5. The number of carbonyl (C=O) groups excluding carboxylic acids is 1. The summed E-state index contributed by atoms with van der Waals surface area (Å²) in [5.74, 6) is 0.786. The van der Waals surface area contributed by atoms with Crippen LogP contribution in [0.2, 0.25) is 0 Å². The van der Waals surface area contributed by atoms with Crippen molar-refractivity contribution in [3.05, 3.63) is 48.1 Å². The van der Waals surface area contributed by atoms with Crippen molar-refractivity contribution < 1.29 is 9.32 Å². The van der Waals surface area contributed by atoms with Crippen molar-refractivity contribution in [2.75, 3.05) is 26.2 Å². The first kappa shape index (κ1) is 19.3. The third kappa shape index (κ3) is 4.54. The molecule has 3 aromatic rings. The number of rotatable bonds is 6. The summed E-state index contributed by atoms with van der Waals surface area (Å²) in [6.45, 7) is 7.75. The van der Waals surface area contributed by atoms with Crippen molar-refractivity contribution >= 4 is 5.91 Å². The molecule has 8 nitrogen and oxygen atoms in total. The number of nitrogens with one attached hydrogen (secondary N) is 1. The van der Waals surface area contributed by atoms with Crippen LogP contribution in [0.15, 0.2) is 41.1 Å². The zero-order valence-electron chi connectivity index (χ0n) is 16.8. The van der Waals surface area contributed by atoms with Gasteiger partial charge in [-0.2, -0.15) is 10.1 Å². The van der Waals surface area contributed by atoms with Gasteiger partial charge in [0.1, 0.15) is 0 Å². The molecule has 0 aliphatic carbocycles. The second-order valence-corrected chi connectivity index (χ2v) is 7.61. The largest absolute Gasteiger partial charge is 0.347 e. The Balaban J connectivity index is 1.37. The van der Waals surface area contributed by atoms with Gasteiger partial charge in [-0.05, 0) is 50.9 Å². The molecule has 4 rings (SSSR count). The number of hydrogen-bond acceptors (Lipinski definition) is 6. The average Bonchev–Trinajstić information content (AvgIpc) is 3.37. The van der Waals surface area contributed by atoms with Gasteiger partial charge in [-0.25, -0.2) is 4.68 Å². The van der Waals surface area contributed by atoms with Crippen LogP contribution in [0.5, 0.6) is 0 Å². The van der Waals surface area contributed by atoms with Crippen molar-refractivity contribution in [2.45, 2.75) is 26.7 Å². The molecule has 1 aliphatic rings. The summed E-state index contributed by atoms with van der Waals surface area (Å²) in [4.78, 5) is 19.0. The summed E-state index contributed by atoms with van der Waals surface area (Å²) in [7, 11) is 0. The van der Waals surface area contributed by atoms with E-state index < -0.39 is 0 Å². The van der Waals surface area contributed by atoms with E-state index in [0.29, 0.717) is 12.4 Å². The van der Waals surface area contributed by atoms with Gasteiger partial charge in [-0.3, -0.25) is 4.79 Å². The van der Waals surface area contributed by atoms with Gasteiger partial charge in [-0.1, -0.05) is 30.3 Å². The Labute approximate surface area is 169 Å². The Bertz CT molecular complexity index is 957. The Kier molecular flexibility index (Phi) is 5.71. The van der Waals surface area contributed by atoms with Crippen LogP contribution in [0.25, 0.3) is 17.1 Å². The molecule has 0 spiro atoms. The first-order chi connectivity index (χ1) is 14.1. The molecule has 0 saturated carbocycles. The molecule has 152 valence electrons. The minimum Gasteiger partial charge on any atom is -0.347 e. The molecule has 2 aromatic heterocycles. The highest BCUT2D eigenvalue weighted by Crippen LogP contribution is 2.21. The molecule has 0 unspecified atom stereocenters. The van der Waals surface area contributed by atoms with Crippen molar-refractivity contribution in [2.24, 2.45) is 5.92 Å². The molecular weight excluding hydrogens is 368 g/mol. The van der Waals surface area contributed by atoms with Crippen molar-refractivity contribution in [1.29, 1.82) is 0 Å². The number of carbonyl (C=O) groups is 1. The molecule has 29 heavy (non-hydrogen) atoms. The maximum absolute atomic E-state index is 12.3. The summed E-state index contributed by atoms with van der Waals surface area (Å²) in [5, 5.41) is 11.3. The van der Waals surface area contributed by atoms with E-state index in [1.54, 1.807) is 4.68 Å². The lowest BCUT2D eigenvalue weighted by atomic mass is 9.99. The highest BCUT2D eigenvalue weighted by Gasteiger charge is 2.20. The first-order valence-corrected chi connectivity index (χ1v) is 10.1. The molecule has 0 radical (unpaired) electrons. The maximum Gasteiger partial charge on any atom is 0.316 e. The number of para-hydroxylation sites is 1. The predicted molar refractivity (Wildman–Crippen MR) is 109 cm³/mol. The predicted octanol–water partition coefficient (Wildman–Crippen LogP) is 2.69. The van der Waals surface area contributed by atoms with E-state index in [-0.39, 0.29) is 11.8 Å². The van der Waals surface area contributed by atoms with Gasteiger partial charge in [0, 0.05) is 19.3 Å². The number of aromatic nitrogens is 4. The van der Waals surface area contributed by atoms with Crippen LogP contribution in [0, 0.1) is 12.8 Å². The molecule has 1 aliphatic heterocycles. The molecule has 1 saturated heterocycles. The number of aryl methyl sites for hydroxylation is 1. The monoisotopic (exact) mass is 394 g/mol. The zero-order valence-corrected chi connectivity index (χ0v) is 16.8. The number of piperidine rings is 1. The summed E-state index contributed by atoms with van der Waals surface area (Å²) < 4.78 is 6.95. The van der Waals surface area contributed by atoms with Crippen molar-refractivity contribution in [3.8, 4) is 17.1 Å². The Morgan fingerprint density at radius 2 is 2.00 bits per heavy atom. The highest BCUT2D eigenvalue weighted by molar-refractivity contribution is 5.89. The summed E-state index contributed by atoms with van der Waals surface area (Å²) in [6, 6.07) is 9.79. The van der Waals surface area contributed by atoms with Gasteiger partial charge in [0.25, 0.3) is 0 Å². The lowest BCUT2D eigenvalue weighted by Gasteiger charge is -2.29. The number of amides is 1. The SMILES string of the molecule is Cc1nn(-c2ccccc2)cc1-c1noc(C(=O)NCCN2CCC(C)CC2)n1. The van der Waals surface area contributed by atoms with Gasteiger partial charge >= 0.3 is 11.8 Å². The lowest BCUT2D eigenvalue weighted by Crippen LogP contribution is -2.39. The Morgan fingerprint density at radius 1 is 1.24 bits per heavy atom. The molecule has 3 heterocycles.